The number of fused-ring (bicyclic) bond motifs is 1. The Balaban J connectivity index is 1.88. The molecule has 0 saturated heterocycles. The number of anilines is 2. The van der Waals surface area contributed by atoms with Gasteiger partial charge in [-0.05, 0) is 60.7 Å². The van der Waals surface area contributed by atoms with Gasteiger partial charge in [0.1, 0.15) is 0 Å². The summed E-state index contributed by atoms with van der Waals surface area (Å²) in [4.78, 5) is 12.6. The summed E-state index contributed by atoms with van der Waals surface area (Å²) in [5, 5.41) is 3.16. The zero-order chi connectivity index (χ0) is 17.3. The van der Waals surface area contributed by atoms with E-state index in [4.69, 9.17) is 11.6 Å². The summed E-state index contributed by atoms with van der Waals surface area (Å²) in [5.74, 6) is -0.415. The van der Waals surface area contributed by atoms with Crippen LogP contribution in [0.2, 0.25) is 5.02 Å². The number of amides is 1. The maximum Gasteiger partial charge on any atom is 0.257 e. The van der Waals surface area contributed by atoms with Crippen LogP contribution in [0.25, 0.3) is 0 Å². The second-order valence-corrected chi connectivity index (χ2v) is 8.04. The van der Waals surface area contributed by atoms with Crippen molar-refractivity contribution in [1.29, 1.82) is 0 Å². The van der Waals surface area contributed by atoms with Crippen molar-refractivity contribution < 1.29 is 13.2 Å². The van der Waals surface area contributed by atoms with Crippen LogP contribution in [-0.4, -0.2) is 20.6 Å². The highest BCUT2D eigenvalue weighted by molar-refractivity contribution is 7.92. The van der Waals surface area contributed by atoms with Crippen LogP contribution < -0.4 is 10.0 Å². The van der Waals surface area contributed by atoms with E-state index in [1.807, 2.05) is 18.2 Å². The van der Waals surface area contributed by atoms with Gasteiger partial charge >= 0.3 is 0 Å². The van der Waals surface area contributed by atoms with Gasteiger partial charge in [0.05, 0.1) is 17.5 Å². The molecule has 1 amide bonds. The molecule has 0 radical (unpaired) electrons. The number of sulfonamides is 1. The molecule has 0 aromatic heterocycles. The van der Waals surface area contributed by atoms with E-state index in [-0.39, 0.29) is 11.3 Å². The minimum absolute atomic E-state index is 0.174. The molecule has 2 aromatic carbocycles. The highest BCUT2D eigenvalue weighted by Crippen LogP contribution is 2.26. The lowest BCUT2D eigenvalue weighted by Crippen LogP contribution is -2.17. The number of hydrogen-bond donors (Lipinski definition) is 2. The molecule has 0 spiro atoms. The Morgan fingerprint density at radius 3 is 2.58 bits per heavy atom. The molecule has 2 aromatic rings. The number of carbonyl (C=O) groups is 1. The fourth-order valence-electron chi connectivity index (χ4n) is 2.84. The summed E-state index contributed by atoms with van der Waals surface area (Å²) >= 11 is 5.95. The Labute approximate surface area is 146 Å². The molecule has 5 nitrogen and oxygen atoms in total. The number of nitrogens with one attached hydrogen (secondary N) is 2. The highest BCUT2D eigenvalue weighted by Gasteiger charge is 2.17. The van der Waals surface area contributed by atoms with E-state index in [1.54, 1.807) is 0 Å². The van der Waals surface area contributed by atoms with Gasteiger partial charge < -0.3 is 5.32 Å². The third kappa shape index (κ3) is 3.88. The van der Waals surface area contributed by atoms with Crippen LogP contribution in [-0.2, 0) is 22.9 Å². The molecule has 0 aliphatic heterocycles. The lowest BCUT2D eigenvalue weighted by Gasteiger charge is -2.12. The van der Waals surface area contributed by atoms with Crippen molar-refractivity contribution in [3.63, 3.8) is 0 Å². The summed E-state index contributed by atoms with van der Waals surface area (Å²) in [7, 11) is -3.50. The SMILES string of the molecule is CS(=O)(=O)Nc1ccc(Cl)cc1C(=O)Nc1ccc2c(c1)CCC2. The molecule has 24 heavy (non-hydrogen) atoms. The maximum atomic E-state index is 12.6. The topological polar surface area (TPSA) is 75.3 Å². The van der Waals surface area contributed by atoms with Crippen LogP contribution in [0.3, 0.4) is 0 Å². The van der Waals surface area contributed by atoms with Crippen LogP contribution in [0.5, 0.6) is 0 Å². The first kappa shape index (κ1) is 16.8. The molecule has 0 heterocycles. The molecule has 1 aliphatic rings. The van der Waals surface area contributed by atoms with Crippen molar-refractivity contribution >= 4 is 38.9 Å². The maximum absolute atomic E-state index is 12.6. The van der Waals surface area contributed by atoms with Crippen LogP contribution >= 0.6 is 11.6 Å². The van der Waals surface area contributed by atoms with Gasteiger partial charge in [-0.15, -0.1) is 0 Å². The van der Waals surface area contributed by atoms with Gasteiger partial charge in [0.15, 0.2) is 0 Å². The molecular weight excluding hydrogens is 348 g/mol. The van der Waals surface area contributed by atoms with Gasteiger partial charge in [-0.1, -0.05) is 17.7 Å². The van der Waals surface area contributed by atoms with E-state index < -0.39 is 15.9 Å². The predicted octanol–water partition coefficient (Wildman–Crippen LogP) is 3.45. The van der Waals surface area contributed by atoms with Gasteiger partial charge in [0, 0.05) is 10.7 Å². The predicted molar refractivity (Wildman–Crippen MR) is 96.3 cm³/mol. The van der Waals surface area contributed by atoms with Crippen LogP contribution in [0.4, 0.5) is 11.4 Å². The molecule has 0 unspecified atom stereocenters. The number of carbonyl (C=O) groups excluding carboxylic acids is 1. The van der Waals surface area contributed by atoms with Crippen molar-refractivity contribution in [2.45, 2.75) is 19.3 Å². The summed E-state index contributed by atoms with van der Waals surface area (Å²) in [5.41, 5.74) is 3.61. The second-order valence-electron chi connectivity index (χ2n) is 5.86. The van der Waals surface area contributed by atoms with Crippen molar-refractivity contribution in [2.24, 2.45) is 0 Å². The molecule has 0 fully saturated rings. The Hall–Kier alpha value is -2.05. The van der Waals surface area contributed by atoms with Crippen LogP contribution in [0, 0.1) is 0 Å². The molecule has 0 bridgehead atoms. The molecule has 2 N–H and O–H groups in total. The average Bonchev–Trinajstić information content (AvgIpc) is 2.95. The van der Waals surface area contributed by atoms with E-state index in [0.717, 1.165) is 25.5 Å². The zero-order valence-electron chi connectivity index (χ0n) is 13.1. The largest absolute Gasteiger partial charge is 0.322 e. The summed E-state index contributed by atoms with van der Waals surface area (Å²) < 4.78 is 25.3. The van der Waals surface area contributed by atoms with Gasteiger partial charge in [-0.25, -0.2) is 8.42 Å². The van der Waals surface area contributed by atoms with Crippen LogP contribution in [0.1, 0.15) is 27.9 Å². The normalized spacial score (nSPS) is 13.4. The Morgan fingerprint density at radius 1 is 1.08 bits per heavy atom. The fourth-order valence-corrected chi connectivity index (χ4v) is 3.59. The summed E-state index contributed by atoms with van der Waals surface area (Å²) in [6.07, 6.45) is 4.24. The molecule has 7 heteroatoms. The van der Waals surface area contributed by atoms with E-state index >= 15 is 0 Å². The third-order valence-electron chi connectivity index (χ3n) is 3.88. The summed E-state index contributed by atoms with van der Waals surface area (Å²) in [6.45, 7) is 0. The van der Waals surface area contributed by atoms with Gasteiger partial charge in [-0.2, -0.15) is 0 Å². The van der Waals surface area contributed by atoms with Gasteiger partial charge in [0.25, 0.3) is 5.91 Å². The molecule has 0 saturated carbocycles. The lowest BCUT2D eigenvalue weighted by atomic mass is 10.1. The van der Waals surface area contributed by atoms with Crippen molar-refractivity contribution in [3.05, 3.63) is 58.1 Å². The highest BCUT2D eigenvalue weighted by atomic mass is 35.5. The minimum Gasteiger partial charge on any atom is -0.322 e. The second kappa shape index (κ2) is 6.45. The number of hydrogen-bond acceptors (Lipinski definition) is 3. The lowest BCUT2D eigenvalue weighted by molar-refractivity contribution is 0.102. The van der Waals surface area contributed by atoms with E-state index in [2.05, 4.69) is 10.0 Å². The summed E-state index contributed by atoms with van der Waals surface area (Å²) in [6, 6.07) is 10.3. The monoisotopic (exact) mass is 364 g/mol. The van der Waals surface area contributed by atoms with E-state index in [0.29, 0.717) is 10.7 Å². The number of halogens is 1. The molecule has 3 rings (SSSR count). The molecular formula is C17H17ClN2O3S. The first-order chi connectivity index (χ1) is 11.3. The van der Waals surface area contributed by atoms with E-state index in [1.165, 1.54) is 29.3 Å². The average molecular weight is 365 g/mol. The third-order valence-corrected chi connectivity index (χ3v) is 4.70. The first-order valence-electron chi connectivity index (χ1n) is 7.52. The Bertz CT molecular complexity index is 910. The van der Waals surface area contributed by atoms with E-state index in [9.17, 15) is 13.2 Å². The smallest absolute Gasteiger partial charge is 0.257 e. The van der Waals surface area contributed by atoms with Crippen LogP contribution in [0.15, 0.2) is 36.4 Å². The number of rotatable bonds is 4. The number of benzene rings is 2. The van der Waals surface area contributed by atoms with Crippen molar-refractivity contribution in [2.75, 3.05) is 16.3 Å². The minimum atomic E-state index is -3.50. The van der Waals surface area contributed by atoms with Crippen molar-refractivity contribution in [1.82, 2.24) is 0 Å². The molecule has 1 aliphatic carbocycles. The quantitative estimate of drug-likeness (QED) is 0.872. The number of aryl methyl sites for hydroxylation is 2. The Kier molecular flexibility index (Phi) is 4.51. The zero-order valence-corrected chi connectivity index (χ0v) is 14.7. The Morgan fingerprint density at radius 2 is 1.83 bits per heavy atom. The van der Waals surface area contributed by atoms with Gasteiger partial charge in [0.2, 0.25) is 10.0 Å². The van der Waals surface area contributed by atoms with Crippen molar-refractivity contribution in [3.8, 4) is 0 Å². The first-order valence-corrected chi connectivity index (χ1v) is 9.79. The standard InChI is InChI=1S/C17H17ClN2O3S/c1-24(22,23)20-16-8-6-13(18)10-15(16)17(21)19-14-7-5-11-3-2-4-12(11)9-14/h5-10,20H,2-4H2,1H3,(H,19,21). The molecule has 126 valence electrons. The molecule has 0 atom stereocenters. The fraction of sp³-hybridized carbons (Fsp3) is 0.235. The van der Waals surface area contributed by atoms with Gasteiger partial charge in [-0.3, -0.25) is 9.52 Å².